The van der Waals surface area contributed by atoms with E-state index in [9.17, 15) is 0 Å². The Kier molecular flexibility index (Phi) is 2.43. The van der Waals surface area contributed by atoms with Crippen molar-refractivity contribution in [2.24, 2.45) is 5.73 Å². The van der Waals surface area contributed by atoms with Crippen molar-refractivity contribution in [1.82, 2.24) is 4.90 Å². The third kappa shape index (κ3) is 1.96. The van der Waals surface area contributed by atoms with Gasteiger partial charge in [0.15, 0.2) is 0 Å². The minimum atomic E-state index is 1.19. The molecule has 1 heterocycles. The largest absolute Gasteiger partial charge is 0.403 e. The summed E-state index contributed by atoms with van der Waals surface area (Å²) in [5.74, 6) is 0. The van der Waals surface area contributed by atoms with Gasteiger partial charge in [-0.3, -0.25) is 0 Å². The zero-order chi connectivity index (χ0) is 6.53. The highest BCUT2D eigenvalue weighted by Crippen LogP contribution is 2.07. The van der Waals surface area contributed by atoms with Gasteiger partial charge in [-0.05, 0) is 19.3 Å². The van der Waals surface area contributed by atoms with Crippen molar-refractivity contribution in [2.75, 3.05) is 13.1 Å². The molecule has 1 saturated heterocycles. The molecular weight excluding hydrogens is 112 g/mol. The van der Waals surface area contributed by atoms with Gasteiger partial charge in [-0.15, -0.1) is 0 Å². The quantitative estimate of drug-likeness (QED) is 0.565. The summed E-state index contributed by atoms with van der Waals surface area (Å²) in [7, 11) is 0. The van der Waals surface area contributed by atoms with Gasteiger partial charge in [0, 0.05) is 25.5 Å². The Balaban J connectivity index is 2.23. The summed E-state index contributed by atoms with van der Waals surface area (Å²) < 4.78 is 0. The molecule has 0 radical (unpaired) electrons. The minimum Gasteiger partial charge on any atom is -0.403 e. The van der Waals surface area contributed by atoms with Crippen LogP contribution in [0.1, 0.15) is 19.3 Å². The Bertz CT molecular complexity index is 93.1. The van der Waals surface area contributed by atoms with E-state index in [1.54, 1.807) is 6.20 Å². The molecule has 0 amide bonds. The molecule has 1 fully saturated rings. The maximum atomic E-state index is 5.24. The van der Waals surface area contributed by atoms with Crippen molar-refractivity contribution in [3.05, 3.63) is 12.4 Å². The Hall–Kier alpha value is -0.660. The molecule has 0 aliphatic carbocycles. The van der Waals surface area contributed by atoms with Crippen LogP contribution in [0, 0.1) is 0 Å². The van der Waals surface area contributed by atoms with E-state index in [-0.39, 0.29) is 0 Å². The van der Waals surface area contributed by atoms with E-state index in [2.05, 4.69) is 4.90 Å². The van der Waals surface area contributed by atoms with Crippen LogP contribution in [0.25, 0.3) is 0 Å². The van der Waals surface area contributed by atoms with Crippen LogP contribution in [0.4, 0.5) is 0 Å². The maximum absolute atomic E-state index is 5.24. The number of hydrogen-bond donors (Lipinski definition) is 1. The molecule has 0 bridgehead atoms. The molecule has 9 heavy (non-hydrogen) atoms. The van der Waals surface area contributed by atoms with Gasteiger partial charge >= 0.3 is 0 Å². The molecule has 52 valence electrons. The van der Waals surface area contributed by atoms with E-state index in [1.165, 1.54) is 32.4 Å². The molecule has 0 aromatic rings. The average Bonchev–Trinajstić information content (AvgIpc) is 1.91. The predicted octanol–water partition coefficient (Wildman–Crippen LogP) is 0.902. The lowest BCUT2D eigenvalue weighted by Crippen LogP contribution is -2.24. The highest BCUT2D eigenvalue weighted by molar-refractivity contribution is 4.79. The molecular formula is C7H14N2. The average molecular weight is 126 g/mol. The van der Waals surface area contributed by atoms with Crippen LogP contribution >= 0.6 is 0 Å². The first-order valence-corrected chi connectivity index (χ1v) is 3.56. The minimum absolute atomic E-state index is 1.19. The molecule has 0 unspecified atom stereocenters. The van der Waals surface area contributed by atoms with Gasteiger partial charge in [0.2, 0.25) is 0 Å². The number of rotatable bonds is 1. The fourth-order valence-corrected chi connectivity index (χ4v) is 1.19. The molecule has 2 heteroatoms. The Morgan fingerprint density at radius 1 is 1.11 bits per heavy atom. The first-order chi connectivity index (χ1) is 4.43. The Labute approximate surface area is 56.3 Å². The van der Waals surface area contributed by atoms with E-state index in [1.807, 2.05) is 6.20 Å². The smallest absolute Gasteiger partial charge is 0.0173 e. The lowest BCUT2D eigenvalue weighted by atomic mass is 10.1. The molecule has 1 rings (SSSR count). The summed E-state index contributed by atoms with van der Waals surface area (Å²) in [5, 5.41) is 0. The standard InChI is InChI=1S/C7H14N2/c8-4-7-9-5-2-1-3-6-9/h4,7H,1-3,5-6,8H2/b7-4-. The predicted molar refractivity (Wildman–Crippen MR) is 38.8 cm³/mol. The molecule has 2 nitrogen and oxygen atoms in total. The third-order valence-electron chi connectivity index (χ3n) is 1.69. The molecule has 0 atom stereocenters. The highest BCUT2D eigenvalue weighted by atomic mass is 15.1. The van der Waals surface area contributed by atoms with Gasteiger partial charge in [0.05, 0.1) is 0 Å². The van der Waals surface area contributed by atoms with Crippen molar-refractivity contribution in [3.8, 4) is 0 Å². The highest BCUT2D eigenvalue weighted by Gasteiger charge is 2.03. The molecule has 2 N–H and O–H groups in total. The Morgan fingerprint density at radius 2 is 1.78 bits per heavy atom. The topological polar surface area (TPSA) is 29.3 Å². The van der Waals surface area contributed by atoms with Gasteiger partial charge < -0.3 is 10.6 Å². The summed E-state index contributed by atoms with van der Waals surface area (Å²) >= 11 is 0. The van der Waals surface area contributed by atoms with Crippen molar-refractivity contribution in [3.63, 3.8) is 0 Å². The number of likely N-dealkylation sites (tertiary alicyclic amines) is 1. The summed E-state index contributed by atoms with van der Waals surface area (Å²) in [6, 6.07) is 0. The maximum Gasteiger partial charge on any atom is 0.0173 e. The van der Waals surface area contributed by atoms with Gasteiger partial charge in [0.25, 0.3) is 0 Å². The first kappa shape index (κ1) is 6.46. The molecule has 0 spiro atoms. The van der Waals surface area contributed by atoms with Crippen LogP contribution in [0.3, 0.4) is 0 Å². The first-order valence-electron chi connectivity index (χ1n) is 3.56. The molecule has 1 aliphatic heterocycles. The SMILES string of the molecule is N/C=C\N1CCCCC1. The zero-order valence-electron chi connectivity index (χ0n) is 5.71. The van der Waals surface area contributed by atoms with Crippen LogP contribution in [0.15, 0.2) is 12.4 Å². The second-order valence-electron chi connectivity index (χ2n) is 2.44. The Morgan fingerprint density at radius 3 is 2.33 bits per heavy atom. The van der Waals surface area contributed by atoms with Gasteiger partial charge in [-0.1, -0.05) is 0 Å². The number of nitrogens with two attached hydrogens (primary N) is 1. The fraction of sp³-hybridized carbons (Fsp3) is 0.714. The van der Waals surface area contributed by atoms with Crippen molar-refractivity contribution in [2.45, 2.75) is 19.3 Å². The van der Waals surface area contributed by atoms with Crippen LogP contribution in [-0.4, -0.2) is 18.0 Å². The van der Waals surface area contributed by atoms with E-state index < -0.39 is 0 Å². The van der Waals surface area contributed by atoms with E-state index in [4.69, 9.17) is 5.73 Å². The molecule has 0 aromatic carbocycles. The summed E-state index contributed by atoms with van der Waals surface area (Å²) in [4.78, 5) is 2.27. The van der Waals surface area contributed by atoms with Gasteiger partial charge in [-0.25, -0.2) is 0 Å². The van der Waals surface area contributed by atoms with Crippen LogP contribution in [0.5, 0.6) is 0 Å². The summed E-state index contributed by atoms with van der Waals surface area (Å²) in [6.45, 7) is 2.38. The van der Waals surface area contributed by atoms with Crippen LogP contribution < -0.4 is 5.73 Å². The monoisotopic (exact) mass is 126 g/mol. The van der Waals surface area contributed by atoms with Gasteiger partial charge in [0.1, 0.15) is 0 Å². The number of nitrogens with zero attached hydrogens (tertiary/aromatic N) is 1. The lowest BCUT2D eigenvalue weighted by molar-refractivity contribution is 0.309. The fourth-order valence-electron chi connectivity index (χ4n) is 1.19. The number of piperidine rings is 1. The van der Waals surface area contributed by atoms with Crippen molar-refractivity contribution in [1.29, 1.82) is 0 Å². The van der Waals surface area contributed by atoms with E-state index in [0.29, 0.717) is 0 Å². The second kappa shape index (κ2) is 3.38. The summed E-state index contributed by atoms with van der Waals surface area (Å²) in [5.41, 5.74) is 5.24. The molecule has 0 aromatic heterocycles. The molecule has 0 saturated carbocycles. The number of hydrogen-bond acceptors (Lipinski definition) is 2. The zero-order valence-corrected chi connectivity index (χ0v) is 5.71. The summed E-state index contributed by atoms with van der Waals surface area (Å²) in [6.07, 6.45) is 7.62. The van der Waals surface area contributed by atoms with Crippen LogP contribution in [-0.2, 0) is 0 Å². The second-order valence-corrected chi connectivity index (χ2v) is 2.44. The van der Waals surface area contributed by atoms with Crippen molar-refractivity contribution < 1.29 is 0 Å². The van der Waals surface area contributed by atoms with E-state index in [0.717, 1.165) is 0 Å². The normalized spacial score (nSPS) is 21.1. The third-order valence-corrected chi connectivity index (χ3v) is 1.69. The van der Waals surface area contributed by atoms with Gasteiger partial charge in [-0.2, -0.15) is 0 Å². The van der Waals surface area contributed by atoms with Crippen molar-refractivity contribution >= 4 is 0 Å². The molecule has 1 aliphatic rings. The van der Waals surface area contributed by atoms with Crippen LogP contribution in [0.2, 0.25) is 0 Å². The van der Waals surface area contributed by atoms with E-state index >= 15 is 0 Å². The lowest BCUT2D eigenvalue weighted by Gasteiger charge is -2.24.